The highest BCUT2D eigenvalue weighted by molar-refractivity contribution is 6.32. The molecule has 0 radical (unpaired) electrons. The number of aromatic nitrogens is 3. The Morgan fingerprint density at radius 3 is 2.83 bits per heavy atom. The van der Waals surface area contributed by atoms with Gasteiger partial charge in [-0.2, -0.15) is 10.4 Å². The molecule has 0 fully saturated rings. The van der Waals surface area contributed by atoms with Crippen molar-refractivity contribution in [3.8, 4) is 17.3 Å². The Balaban J connectivity index is 1.41. The Morgan fingerprint density at radius 1 is 1.14 bits per heavy atom. The quantitative estimate of drug-likeness (QED) is 0.405. The van der Waals surface area contributed by atoms with Gasteiger partial charge in [-0.15, -0.1) is 0 Å². The maximum atomic E-state index is 9.02. The van der Waals surface area contributed by atoms with E-state index in [2.05, 4.69) is 47.3 Å². The summed E-state index contributed by atoms with van der Waals surface area (Å²) in [6.07, 6.45) is 5.99. The van der Waals surface area contributed by atoms with E-state index in [1.54, 1.807) is 12.1 Å². The summed E-state index contributed by atoms with van der Waals surface area (Å²) in [5.41, 5.74) is 4.66. The van der Waals surface area contributed by atoms with Crippen LogP contribution in [0.5, 0.6) is 0 Å². The van der Waals surface area contributed by atoms with Crippen LogP contribution in [0.1, 0.15) is 24.5 Å². The molecular formula is C24H21ClN4. The zero-order chi connectivity index (χ0) is 20.2. The Bertz CT molecular complexity index is 1180. The molecule has 2 heterocycles. The summed E-state index contributed by atoms with van der Waals surface area (Å²) in [4.78, 5) is 4.44. The van der Waals surface area contributed by atoms with Gasteiger partial charge in [-0.25, -0.2) is 0 Å². The lowest BCUT2D eigenvalue weighted by molar-refractivity contribution is 0.425. The molecule has 0 N–H and O–H groups in total. The fourth-order valence-corrected chi connectivity index (χ4v) is 3.79. The second-order valence-corrected chi connectivity index (χ2v) is 7.77. The van der Waals surface area contributed by atoms with E-state index in [4.69, 9.17) is 16.9 Å². The lowest BCUT2D eigenvalue weighted by atomic mass is 9.99. The third-order valence-electron chi connectivity index (χ3n) is 5.17. The van der Waals surface area contributed by atoms with Gasteiger partial charge in [-0.05, 0) is 54.7 Å². The summed E-state index contributed by atoms with van der Waals surface area (Å²) >= 11 is 6.15. The highest BCUT2D eigenvalue weighted by Gasteiger charge is 2.10. The predicted molar refractivity (Wildman–Crippen MR) is 117 cm³/mol. The van der Waals surface area contributed by atoms with E-state index in [9.17, 15) is 0 Å². The van der Waals surface area contributed by atoms with Crippen molar-refractivity contribution in [3.05, 3.63) is 83.1 Å². The maximum absolute atomic E-state index is 9.02. The second kappa shape index (κ2) is 8.46. The number of hydrogen-bond donors (Lipinski definition) is 0. The standard InChI is InChI=1S/C24H21ClN4/c1-17(6-7-18-10-12-27-24-5-3-2-4-21(18)24)16-29-13-11-23(28-29)19-8-9-20(15-26)22(25)14-19/h2-5,8-14,17H,6-7,16H2,1H3/t17-/m1/s1. The summed E-state index contributed by atoms with van der Waals surface area (Å²) < 4.78 is 1.98. The zero-order valence-electron chi connectivity index (χ0n) is 16.2. The topological polar surface area (TPSA) is 54.5 Å². The molecule has 4 nitrogen and oxygen atoms in total. The van der Waals surface area contributed by atoms with Gasteiger partial charge in [0.25, 0.3) is 0 Å². The van der Waals surface area contributed by atoms with Gasteiger partial charge in [0, 0.05) is 29.9 Å². The molecule has 0 aliphatic rings. The van der Waals surface area contributed by atoms with Gasteiger partial charge >= 0.3 is 0 Å². The van der Waals surface area contributed by atoms with Crippen LogP contribution >= 0.6 is 11.6 Å². The van der Waals surface area contributed by atoms with Crippen molar-refractivity contribution in [2.24, 2.45) is 5.92 Å². The van der Waals surface area contributed by atoms with Crippen molar-refractivity contribution >= 4 is 22.5 Å². The molecule has 2 aromatic carbocycles. The Morgan fingerprint density at radius 2 is 2.00 bits per heavy atom. The first-order valence-corrected chi connectivity index (χ1v) is 10.1. The average molecular weight is 401 g/mol. The number of pyridine rings is 1. The van der Waals surface area contributed by atoms with Crippen molar-refractivity contribution in [3.63, 3.8) is 0 Å². The molecule has 1 atom stereocenters. The monoisotopic (exact) mass is 400 g/mol. The summed E-state index contributed by atoms with van der Waals surface area (Å²) in [6, 6.07) is 19.9. The number of nitriles is 1. The Labute approximate surface area is 175 Å². The number of nitrogens with zero attached hydrogens (tertiary/aromatic N) is 4. The smallest absolute Gasteiger partial charge is 0.101 e. The van der Waals surface area contributed by atoms with Crippen LogP contribution in [0.2, 0.25) is 5.02 Å². The predicted octanol–water partition coefficient (Wildman–Crippen LogP) is 5.89. The van der Waals surface area contributed by atoms with Crippen molar-refractivity contribution in [1.82, 2.24) is 14.8 Å². The van der Waals surface area contributed by atoms with E-state index in [0.29, 0.717) is 16.5 Å². The van der Waals surface area contributed by atoms with E-state index >= 15 is 0 Å². The van der Waals surface area contributed by atoms with Gasteiger partial charge in [-0.3, -0.25) is 9.67 Å². The summed E-state index contributed by atoms with van der Waals surface area (Å²) in [5.74, 6) is 0.485. The molecule has 29 heavy (non-hydrogen) atoms. The largest absolute Gasteiger partial charge is 0.272 e. The first-order valence-electron chi connectivity index (χ1n) is 9.70. The molecule has 0 saturated carbocycles. The molecule has 4 rings (SSSR count). The van der Waals surface area contributed by atoms with Gasteiger partial charge in [0.05, 0.1) is 21.8 Å². The van der Waals surface area contributed by atoms with Crippen molar-refractivity contribution in [1.29, 1.82) is 5.26 Å². The Hall–Kier alpha value is -3.16. The molecule has 5 heteroatoms. The third kappa shape index (κ3) is 4.31. The lowest BCUT2D eigenvalue weighted by Gasteiger charge is -2.12. The lowest BCUT2D eigenvalue weighted by Crippen LogP contribution is -2.09. The van der Waals surface area contributed by atoms with E-state index in [0.717, 1.165) is 36.2 Å². The highest BCUT2D eigenvalue weighted by Crippen LogP contribution is 2.25. The van der Waals surface area contributed by atoms with Gasteiger partial charge in [0.2, 0.25) is 0 Å². The number of aryl methyl sites for hydroxylation is 1. The van der Waals surface area contributed by atoms with Crippen LogP contribution in [0.25, 0.3) is 22.2 Å². The van der Waals surface area contributed by atoms with Crippen LogP contribution in [0, 0.1) is 17.2 Å². The normalized spacial score (nSPS) is 12.0. The van der Waals surface area contributed by atoms with E-state index in [1.165, 1.54) is 10.9 Å². The SMILES string of the molecule is C[C@H](CCc1ccnc2ccccc12)Cn1ccc(-c2ccc(C#N)c(Cl)c2)n1. The molecule has 0 amide bonds. The highest BCUT2D eigenvalue weighted by atomic mass is 35.5. The molecule has 0 unspecified atom stereocenters. The van der Waals surface area contributed by atoms with Gasteiger partial charge in [-0.1, -0.05) is 42.8 Å². The number of halogens is 1. The van der Waals surface area contributed by atoms with E-state index < -0.39 is 0 Å². The number of benzene rings is 2. The van der Waals surface area contributed by atoms with Crippen LogP contribution in [0.4, 0.5) is 0 Å². The van der Waals surface area contributed by atoms with Crippen molar-refractivity contribution in [2.75, 3.05) is 0 Å². The molecule has 0 bridgehead atoms. The Kier molecular flexibility index (Phi) is 5.59. The molecule has 4 aromatic rings. The zero-order valence-corrected chi connectivity index (χ0v) is 17.0. The second-order valence-electron chi connectivity index (χ2n) is 7.36. The number of rotatable bonds is 6. The molecular weight excluding hydrogens is 380 g/mol. The first kappa shape index (κ1) is 19.2. The van der Waals surface area contributed by atoms with Crippen LogP contribution in [0.3, 0.4) is 0 Å². The minimum atomic E-state index is 0.456. The molecule has 2 aromatic heterocycles. The van der Waals surface area contributed by atoms with Gasteiger partial charge in [0.15, 0.2) is 0 Å². The van der Waals surface area contributed by atoms with Crippen LogP contribution < -0.4 is 0 Å². The van der Waals surface area contributed by atoms with Crippen LogP contribution in [0.15, 0.2) is 67.0 Å². The van der Waals surface area contributed by atoms with Crippen LogP contribution in [-0.2, 0) is 13.0 Å². The van der Waals surface area contributed by atoms with Crippen molar-refractivity contribution in [2.45, 2.75) is 26.3 Å². The van der Waals surface area contributed by atoms with Gasteiger partial charge in [0.1, 0.15) is 6.07 Å². The first-order chi connectivity index (χ1) is 14.1. The minimum Gasteiger partial charge on any atom is -0.272 e. The molecule has 0 saturated heterocycles. The van der Waals surface area contributed by atoms with E-state index in [1.807, 2.05) is 35.3 Å². The third-order valence-corrected chi connectivity index (χ3v) is 5.48. The molecule has 0 aliphatic carbocycles. The minimum absolute atomic E-state index is 0.456. The number of para-hydroxylation sites is 1. The summed E-state index contributed by atoms with van der Waals surface area (Å²) in [6.45, 7) is 3.11. The maximum Gasteiger partial charge on any atom is 0.101 e. The van der Waals surface area contributed by atoms with Crippen LogP contribution in [-0.4, -0.2) is 14.8 Å². The van der Waals surface area contributed by atoms with Crippen molar-refractivity contribution < 1.29 is 0 Å². The van der Waals surface area contributed by atoms with E-state index in [-0.39, 0.29) is 0 Å². The summed E-state index contributed by atoms with van der Waals surface area (Å²) in [5, 5.41) is 15.4. The number of fused-ring (bicyclic) bond motifs is 1. The number of hydrogen-bond acceptors (Lipinski definition) is 3. The fraction of sp³-hybridized carbons (Fsp3) is 0.208. The molecule has 0 aliphatic heterocycles. The summed E-state index contributed by atoms with van der Waals surface area (Å²) in [7, 11) is 0. The fourth-order valence-electron chi connectivity index (χ4n) is 3.57. The van der Waals surface area contributed by atoms with Gasteiger partial charge < -0.3 is 0 Å². The average Bonchev–Trinajstić information content (AvgIpc) is 3.20. The molecule has 0 spiro atoms. The molecule has 144 valence electrons.